The molecule has 3 aromatic carbocycles. The van der Waals surface area contributed by atoms with Gasteiger partial charge in [0, 0.05) is 62.4 Å². The maximum Gasteiger partial charge on any atom is 0.289 e. The number of rotatable bonds is 18. The van der Waals surface area contributed by atoms with Crippen LogP contribution in [0.5, 0.6) is 5.75 Å². The van der Waals surface area contributed by atoms with Crippen LogP contribution in [0.25, 0.3) is 22.8 Å². The van der Waals surface area contributed by atoms with E-state index < -0.39 is 109 Å². The van der Waals surface area contributed by atoms with Crippen molar-refractivity contribution in [3.8, 4) is 28.5 Å². The molecule has 1 aliphatic heterocycles. The molecule has 8 aromatic rings. The van der Waals surface area contributed by atoms with Crippen molar-refractivity contribution in [1.82, 2.24) is 48.1 Å². The minimum atomic E-state index is -4.83. The third kappa shape index (κ3) is 15.6. The Labute approximate surface area is 506 Å². The molecule has 5 aromatic heterocycles. The number of para-hydroxylation sites is 3. The summed E-state index contributed by atoms with van der Waals surface area (Å²) in [5, 5.41) is 39.7. The number of sulfonamides is 3. The van der Waals surface area contributed by atoms with Crippen LogP contribution in [0.2, 0.25) is 0 Å². The zero-order chi connectivity index (χ0) is 62.4. The van der Waals surface area contributed by atoms with E-state index >= 15 is 0 Å². The van der Waals surface area contributed by atoms with Gasteiger partial charge >= 0.3 is 0 Å². The maximum absolute atomic E-state index is 14.8. The van der Waals surface area contributed by atoms with E-state index in [-0.39, 0.29) is 81.5 Å². The van der Waals surface area contributed by atoms with Crippen molar-refractivity contribution in [2.24, 2.45) is 0 Å². The van der Waals surface area contributed by atoms with E-state index in [0.717, 1.165) is 49.3 Å². The van der Waals surface area contributed by atoms with E-state index in [4.69, 9.17) is 9.72 Å². The fourth-order valence-electron chi connectivity index (χ4n) is 9.66. The van der Waals surface area contributed by atoms with Gasteiger partial charge in [0.1, 0.15) is 5.75 Å². The van der Waals surface area contributed by atoms with Gasteiger partial charge in [-0.15, -0.1) is 0 Å². The van der Waals surface area contributed by atoms with Crippen LogP contribution in [-0.2, 0) is 61.0 Å². The van der Waals surface area contributed by atoms with Gasteiger partial charge in [-0.25, -0.2) is 30.2 Å². The second kappa shape index (κ2) is 28.4. The van der Waals surface area contributed by atoms with E-state index in [1.807, 2.05) is 24.3 Å². The molecule has 27 nitrogen and oxygen atoms in total. The van der Waals surface area contributed by atoms with Crippen LogP contribution in [-0.4, -0.2) is 135 Å². The lowest BCUT2D eigenvalue weighted by atomic mass is 10.2. The molecule has 0 atom stereocenters. The highest BCUT2D eigenvalue weighted by Crippen LogP contribution is 2.33. The standard InChI is InChI=1S/C58H57N13O14S3/c72-58(61-30-13-35-85-47-36-50(48-20-7-9-28-59-48)64-51(37-47)49-21-8-10-29-60-49)42-65-31-14-33-66(86(79,80)55-25-4-1-22-52(55)69(73)74)38-43-16-11-18-45(62-43)40-68(88(83,84)57-27-6-3-24-54(57)71(77)78)41-46-19-12-17-44(63-46)39-67(34-15-32-65)87(81,82)56-26-5-2-23-53(56)70(75)76/h1-12,16-29,36-37H,13-15,30-35,38-42H2,(H,61,72). The zero-order valence-corrected chi connectivity index (χ0v) is 49.3. The number of fused-ring (bicyclic) bond motifs is 4. The lowest BCUT2D eigenvalue weighted by molar-refractivity contribution is -0.388. The lowest BCUT2D eigenvalue weighted by Crippen LogP contribution is -2.41. The van der Waals surface area contributed by atoms with Crippen LogP contribution in [0.15, 0.2) is 185 Å². The third-order valence-corrected chi connectivity index (χ3v) is 19.4. The number of ether oxygens (including phenoxy) is 1. The average molecular weight is 1260 g/mol. The van der Waals surface area contributed by atoms with Crippen molar-refractivity contribution in [3.05, 3.63) is 223 Å². The summed E-state index contributed by atoms with van der Waals surface area (Å²) in [7, 11) is -14.3. The number of hydrogen-bond acceptors (Lipinski definition) is 20. The first kappa shape index (κ1) is 63.1. The number of hydrogen-bond donors (Lipinski definition) is 1. The molecule has 30 heteroatoms. The molecule has 0 aliphatic carbocycles. The summed E-state index contributed by atoms with van der Waals surface area (Å²) in [5.41, 5.74) is 0.431. The number of nitrogens with zero attached hydrogens (tertiary/aromatic N) is 12. The fraction of sp³-hybridized carbons (Fsp3) is 0.241. The van der Waals surface area contributed by atoms with Gasteiger partial charge in [-0.05, 0) is 99.1 Å². The summed E-state index contributed by atoms with van der Waals surface area (Å²) >= 11 is 0. The molecular weight excluding hydrogens is 1200 g/mol. The smallest absolute Gasteiger partial charge is 0.289 e. The Bertz CT molecular complexity index is 3990. The van der Waals surface area contributed by atoms with Crippen LogP contribution < -0.4 is 10.1 Å². The first-order chi connectivity index (χ1) is 42.3. The largest absolute Gasteiger partial charge is 0.493 e. The van der Waals surface area contributed by atoms with Gasteiger partial charge in [0.05, 0.1) is 99.7 Å². The van der Waals surface area contributed by atoms with Crippen molar-refractivity contribution >= 4 is 53.0 Å². The summed E-state index contributed by atoms with van der Waals surface area (Å²) < 4.78 is 97.4. The van der Waals surface area contributed by atoms with Gasteiger partial charge in [-0.3, -0.25) is 60.0 Å². The van der Waals surface area contributed by atoms with Gasteiger partial charge in [0.25, 0.3) is 27.1 Å². The molecule has 0 unspecified atom stereocenters. The van der Waals surface area contributed by atoms with Crippen LogP contribution in [0, 0.1) is 30.3 Å². The van der Waals surface area contributed by atoms with Gasteiger partial charge in [0.2, 0.25) is 26.0 Å². The predicted octanol–water partition coefficient (Wildman–Crippen LogP) is 7.17. The van der Waals surface area contributed by atoms with Gasteiger partial charge < -0.3 is 10.1 Å². The topological polar surface area (TPSA) is 348 Å². The first-order valence-corrected chi connectivity index (χ1v) is 31.7. The fourth-order valence-corrected chi connectivity index (χ4v) is 14.4. The molecule has 88 heavy (non-hydrogen) atoms. The maximum atomic E-state index is 14.8. The van der Waals surface area contributed by atoms with Gasteiger partial charge in [-0.2, -0.15) is 12.9 Å². The van der Waals surface area contributed by atoms with Gasteiger partial charge in [0.15, 0.2) is 14.7 Å². The molecule has 0 radical (unpaired) electrons. The van der Waals surface area contributed by atoms with Crippen molar-refractivity contribution in [1.29, 1.82) is 0 Å². The highest BCUT2D eigenvalue weighted by Gasteiger charge is 2.36. The summed E-state index contributed by atoms with van der Waals surface area (Å²) in [6.07, 6.45) is 3.60. The van der Waals surface area contributed by atoms with Gasteiger partial charge in [-0.1, -0.05) is 60.7 Å². The molecule has 456 valence electrons. The average Bonchev–Trinajstić information content (AvgIpc) is 1.66. The molecule has 0 saturated heterocycles. The van der Waals surface area contributed by atoms with Crippen LogP contribution in [0.1, 0.15) is 42.0 Å². The Morgan fingerprint density at radius 1 is 0.477 bits per heavy atom. The van der Waals surface area contributed by atoms with Crippen LogP contribution in [0.4, 0.5) is 17.1 Å². The Kier molecular flexibility index (Phi) is 20.4. The van der Waals surface area contributed by atoms with Crippen molar-refractivity contribution in [2.45, 2.75) is 60.1 Å². The Hall–Kier alpha value is -9.43. The molecule has 0 fully saturated rings. The number of carbonyl (C=O) groups is 1. The highest BCUT2D eigenvalue weighted by atomic mass is 32.2. The molecule has 4 bridgehead atoms. The Morgan fingerprint density at radius 3 is 1.26 bits per heavy atom. The third-order valence-electron chi connectivity index (χ3n) is 13.8. The normalized spacial score (nSPS) is 14.7. The second-order valence-electron chi connectivity index (χ2n) is 19.9. The summed E-state index contributed by atoms with van der Waals surface area (Å²) in [6, 6.07) is 37.4. The molecule has 1 amide bonds. The number of amides is 1. The minimum absolute atomic E-state index is 0.00882. The number of benzene rings is 3. The quantitative estimate of drug-likeness (QED) is 0.0505. The molecule has 0 spiro atoms. The van der Waals surface area contributed by atoms with Crippen molar-refractivity contribution in [2.75, 3.05) is 45.9 Å². The van der Waals surface area contributed by atoms with E-state index in [0.29, 0.717) is 34.9 Å². The monoisotopic (exact) mass is 1260 g/mol. The minimum Gasteiger partial charge on any atom is -0.493 e. The lowest BCUT2D eigenvalue weighted by Gasteiger charge is -2.27. The van der Waals surface area contributed by atoms with E-state index in [1.165, 1.54) is 72.8 Å². The van der Waals surface area contributed by atoms with E-state index in [2.05, 4.69) is 25.3 Å². The van der Waals surface area contributed by atoms with Crippen molar-refractivity contribution < 1.29 is 49.6 Å². The number of nitro benzene ring substituents is 3. The van der Waals surface area contributed by atoms with E-state index in [9.17, 15) is 60.4 Å². The summed E-state index contributed by atoms with van der Waals surface area (Å²) in [6.45, 7) is -2.79. The zero-order valence-electron chi connectivity index (χ0n) is 46.9. The molecule has 1 N–H and O–H groups in total. The first-order valence-electron chi connectivity index (χ1n) is 27.3. The second-order valence-corrected chi connectivity index (χ2v) is 25.6. The molecule has 0 saturated carbocycles. The number of carbonyl (C=O) groups excluding carboxylic acids is 1. The molecule has 6 heterocycles. The molecule has 9 rings (SSSR count). The number of aromatic nitrogens is 5. The predicted molar refractivity (Wildman–Crippen MR) is 319 cm³/mol. The van der Waals surface area contributed by atoms with Crippen LogP contribution >= 0.6 is 0 Å². The Balaban J connectivity index is 1.03. The number of nitro groups is 3. The number of pyridine rings is 5. The van der Waals surface area contributed by atoms with Crippen molar-refractivity contribution in [3.63, 3.8) is 0 Å². The summed E-state index contributed by atoms with van der Waals surface area (Å²) in [4.78, 5) is 70.9. The summed E-state index contributed by atoms with van der Waals surface area (Å²) in [5.74, 6) is 0.0258. The number of nitrogens with one attached hydrogen (secondary N) is 1. The molecule has 1 aliphatic rings. The van der Waals surface area contributed by atoms with E-state index in [1.54, 1.807) is 41.6 Å². The molecular formula is C58H57N13O14S3. The highest BCUT2D eigenvalue weighted by molar-refractivity contribution is 7.89. The SMILES string of the molecule is O=C(CN1CCCN(S(=O)(=O)c2ccccc2[N+](=O)[O-])Cc2cccc(n2)CN(S(=O)(=O)c2ccccc2[N+](=O)[O-])Cc2cccc(n2)CN(S(=O)(=O)c2ccccc2[N+](=O)[O-])CCC1)NCCCOc1cc(-c2ccccn2)nc(-c2ccccn2)c1. The Morgan fingerprint density at radius 2 is 0.864 bits per heavy atom. The van der Waals surface area contributed by atoms with Crippen LogP contribution in [0.3, 0.4) is 0 Å².